The summed E-state index contributed by atoms with van der Waals surface area (Å²) in [5, 5.41) is 0. The number of hydrogen-bond acceptors (Lipinski definition) is 3. The average molecular weight is 323 g/mol. The van der Waals surface area contributed by atoms with Gasteiger partial charge in [-0.3, -0.25) is 4.79 Å². The molecule has 1 atom stereocenters. The van der Waals surface area contributed by atoms with Crippen LogP contribution in [0.5, 0.6) is 0 Å². The molecular formula is C17H25NO3S. The SMILES string of the molecule is Cc1ccc2c(c1)CCN(C(=O)CCS(C)(=O)=O)C2C(C)C. The van der Waals surface area contributed by atoms with E-state index in [2.05, 4.69) is 39.0 Å². The van der Waals surface area contributed by atoms with E-state index in [1.54, 1.807) is 0 Å². The lowest BCUT2D eigenvalue weighted by atomic mass is 9.85. The summed E-state index contributed by atoms with van der Waals surface area (Å²) in [6, 6.07) is 6.43. The number of carbonyl (C=O) groups excluding carboxylic acids is 1. The number of rotatable bonds is 4. The predicted molar refractivity (Wildman–Crippen MR) is 88.5 cm³/mol. The molecule has 0 saturated heterocycles. The molecule has 1 aromatic rings. The van der Waals surface area contributed by atoms with Crippen molar-refractivity contribution in [3.05, 3.63) is 34.9 Å². The van der Waals surface area contributed by atoms with Gasteiger partial charge in [-0.15, -0.1) is 0 Å². The molecule has 22 heavy (non-hydrogen) atoms. The van der Waals surface area contributed by atoms with Gasteiger partial charge in [-0.25, -0.2) is 8.42 Å². The Morgan fingerprint density at radius 1 is 1.36 bits per heavy atom. The molecule has 4 nitrogen and oxygen atoms in total. The second kappa shape index (κ2) is 6.41. The van der Waals surface area contributed by atoms with Crippen molar-refractivity contribution in [2.24, 2.45) is 5.92 Å². The maximum atomic E-state index is 12.5. The number of nitrogens with zero attached hydrogens (tertiary/aromatic N) is 1. The first kappa shape index (κ1) is 17.0. The van der Waals surface area contributed by atoms with Crippen LogP contribution < -0.4 is 0 Å². The lowest BCUT2D eigenvalue weighted by Gasteiger charge is -2.40. The molecule has 0 bridgehead atoms. The number of amides is 1. The summed E-state index contributed by atoms with van der Waals surface area (Å²) < 4.78 is 22.6. The van der Waals surface area contributed by atoms with Gasteiger partial charge in [-0.1, -0.05) is 37.6 Å². The monoisotopic (exact) mass is 323 g/mol. The lowest BCUT2D eigenvalue weighted by Crippen LogP contribution is -2.42. The van der Waals surface area contributed by atoms with Gasteiger partial charge in [0.15, 0.2) is 0 Å². The van der Waals surface area contributed by atoms with E-state index in [1.165, 1.54) is 22.9 Å². The minimum absolute atomic E-state index is 0.0383. The minimum atomic E-state index is -3.11. The Morgan fingerprint density at radius 2 is 2.05 bits per heavy atom. The number of sulfone groups is 1. The van der Waals surface area contributed by atoms with Crippen LogP contribution in [0.15, 0.2) is 18.2 Å². The van der Waals surface area contributed by atoms with E-state index < -0.39 is 9.84 Å². The molecule has 1 aliphatic heterocycles. The summed E-state index contributed by atoms with van der Waals surface area (Å²) in [4.78, 5) is 14.4. The van der Waals surface area contributed by atoms with Crippen LogP contribution in [-0.2, 0) is 21.1 Å². The lowest BCUT2D eigenvalue weighted by molar-refractivity contribution is -0.134. The van der Waals surface area contributed by atoms with E-state index in [1.807, 2.05) is 4.90 Å². The molecule has 1 amide bonds. The number of aryl methyl sites for hydroxylation is 1. The quantitative estimate of drug-likeness (QED) is 0.855. The fourth-order valence-electron chi connectivity index (χ4n) is 3.20. The summed E-state index contributed by atoms with van der Waals surface area (Å²) in [5.41, 5.74) is 3.75. The zero-order chi connectivity index (χ0) is 16.5. The Balaban J connectivity index is 2.26. The van der Waals surface area contributed by atoms with Gasteiger partial charge < -0.3 is 4.90 Å². The topological polar surface area (TPSA) is 54.5 Å². The second-order valence-electron chi connectivity index (χ2n) is 6.61. The molecule has 1 unspecified atom stereocenters. The van der Waals surface area contributed by atoms with Gasteiger partial charge in [-0.05, 0) is 30.4 Å². The standard InChI is InChI=1S/C17H25NO3S/c1-12(2)17-15-6-5-13(3)11-14(15)7-9-18(17)16(19)8-10-22(4,20)21/h5-6,11-12,17H,7-10H2,1-4H3. The first-order chi connectivity index (χ1) is 10.2. The number of benzene rings is 1. The Labute approximate surface area is 133 Å². The summed E-state index contributed by atoms with van der Waals surface area (Å²) in [5.74, 6) is 0.160. The summed E-state index contributed by atoms with van der Waals surface area (Å²) >= 11 is 0. The highest BCUT2D eigenvalue weighted by molar-refractivity contribution is 7.90. The molecule has 122 valence electrons. The fraction of sp³-hybridized carbons (Fsp3) is 0.588. The fourth-order valence-corrected chi connectivity index (χ4v) is 3.75. The van der Waals surface area contributed by atoms with Gasteiger partial charge in [0.05, 0.1) is 11.8 Å². The molecule has 1 aromatic carbocycles. The Bertz CT molecular complexity index is 664. The molecule has 0 fully saturated rings. The van der Waals surface area contributed by atoms with Crippen molar-refractivity contribution in [2.45, 2.75) is 39.7 Å². The van der Waals surface area contributed by atoms with Crippen LogP contribution in [0.25, 0.3) is 0 Å². The van der Waals surface area contributed by atoms with Crippen LogP contribution in [-0.4, -0.2) is 37.8 Å². The second-order valence-corrected chi connectivity index (χ2v) is 8.87. The van der Waals surface area contributed by atoms with E-state index in [9.17, 15) is 13.2 Å². The van der Waals surface area contributed by atoms with Gasteiger partial charge in [0.2, 0.25) is 5.91 Å². The highest BCUT2D eigenvalue weighted by Gasteiger charge is 2.32. The third kappa shape index (κ3) is 3.88. The molecule has 0 saturated carbocycles. The van der Waals surface area contributed by atoms with Gasteiger partial charge >= 0.3 is 0 Å². The van der Waals surface area contributed by atoms with E-state index in [0.29, 0.717) is 12.5 Å². The van der Waals surface area contributed by atoms with Crippen molar-refractivity contribution in [3.8, 4) is 0 Å². The van der Waals surface area contributed by atoms with Crippen LogP contribution in [0, 0.1) is 12.8 Å². The summed E-state index contributed by atoms with van der Waals surface area (Å²) in [6.45, 7) is 6.96. The third-order valence-corrected chi connectivity index (χ3v) is 5.16. The molecule has 0 spiro atoms. The third-order valence-electron chi connectivity index (χ3n) is 4.21. The van der Waals surface area contributed by atoms with E-state index in [-0.39, 0.29) is 24.1 Å². The highest BCUT2D eigenvalue weighted by Crippen LogP contribution is 2.36. The van der Waals surface area contributed by atoms with Crippen molar-refractivity contribution in [2.75, 3.05) is 18.6 Å². The molecule has 0 N–H and O–H groups in total. The molecule has 1 heterocycles. The maximum Gasteiger partial charge on any atom is 0.224 e. The van der Waals surface area contributed by atoms with Crippen molar-refractivity contribution in [3.63, 3.8) is 0 Å². The number of fused-ring (bicyclic) bond motifs is 1. The van der Waals surface area contributed by atoms with Gasteiger partial charge in [0.25, 0.3) is 0 Å². The summed E-state index contributed by atoms with van der Waals surface area (Å²) in [6.07, 6.45) is 2.09. The molecular weight excluding hydrogens is 298 g/mol. The van der Waals surface area contributed by atoms with Crippen molar-refractivity contribution >= 4 is 15.7 Å². The molecule has 0 aliphatic carbocycles. The molecule has 2 rings (SSSR count). The Hall–Kier alpha value is -1.36. The Morgan fingerprint density at radius 3 is 2.64 bits per heavy atom. The van der Waals surface area contributed by atoms with Gasteiger partial charge in [-0.2, -0.15) is 0 Å². The number of carbonyl (C=O) groups is 1. The maximum absolute atomic E-state index is 12.5. The van der Waals surface area contributed by atoms with Crippen molar-refractivity contribution < 1.29 is 13.2 Å². The van der Waals surface area contributed by atoms with Crippen LogP contribution >= 0.6 is 0 Å². The van der Waals surface area contributed by atoms with E-state index in [4.69, 9.17) is 0 Å². The first-order valence-corrected chi connectivity index (χ1v) is 9.81. The van der Waals surface area contributed by atoms with Crippen LogP contribution in [0.3, 0.4) is 0 Å². The van der Waals surface area contributed by atoms with Gasteiger partial charge in [0.1, 0.15) is 9.84 Å². The first-order valence-electron chi connectivity index (χ1n) is 7.75. The van der Waals surface area contributed by atoms with Crippen LogP contribution in [0.1, 0.15) is 43.0 Å². The minimum Gasteiger partial charge on any atom is -0.335 e. The van der Waals surface area contributed by atoms with E-state index in [0.717, 1.165) is 6.42 Å². The summed E-state index contributed by atoms with van der Waals surface area (Å²) in [7, 11) is -3.11. The Kier molecular flexibility index (Phi) is 4.95. The average Bonchev–Trinajstić information content (AvgIpc) is 2.42. The van der Waals surface area contributed by atoms with E-state index >= 15 is 0 Å². The largest absolute Gasteiger partial charge is 0.335 e. The van der Waals surface area contributed by atoms with Crippen LogP contribution in [0.4, 0.5) is 0 Å². The smallest absolute Gasteiger partial charge is 0.224 e. The van der Waals surface area contributed by atoms with Crippen molar-refractivity contribution in [1.29, 1.82) is 0 Å². The van der Waals surface area contributed by atoms with Crippen molar-refractivity contribution in [1.82, 2.24) is 4.90 Å². The van der Waals surface area contributed by atoms with Crippen LogP contribution in [0.2, 0.25) is 0 Å². The molecule has 5 heteroatoms. The normalized spacial score (nSPS) is 18.4. The highest BCUT2D eigenvalue weighted by atomic mass is 32.2. The molecule has 1 aliphatic rings. The molecule has 0 radical (unpaired) electrons. The zero-order valence-corrected chi connectivity index (χ0v) is 14.6. The predicted octanol–water partition coefficient (Wildman–Crippen LogP) is 2.51. The number of hydrogen-bond donors (Lipinski definition) is 0. The van der Waals surface area contributed by atoms with Gasteiger partial charge in [0, 0.05) is 19.2 Å². The molecule has 0 aromatic heterocycles. The zero-order valence-electron chi connectivity index (χ0n) is 13.8.